The first-order valence-corrected chi connectivity index (χ1v) is 7.75. The van der Waals surface area contributed by atoms with Gasteiger partial charge in [-0.2, -0.15) is 0 Å². The van der Waals surface area contributed by atoms with Crippen LogP contribution in [0.4, 0.5) is 0 Å². The fourth-order valence-corrected chi connectivity index (χ4v) is 3.91. The first-order chi connectivity index (χ1) is 6.99. The third-order valence-corrected chi connectivity index (χ3v) is 4.81. The molecule has 1 heterocycles. The van der Waals surface area contributed by atoms with Gasteiger partial charge in [-0.3, -0.25) is 0 Å². The molecule has 1 aliphatic heterocycles. The van der Waals surface area contributed by atoms with E-state index in [1.165, 1.54) is 12.8 Å². The van der Waals surface area contributed by atoms with Crippen LogP contribution in [-0.4, -0.2) is 32.5 Å². The van der Waals surface area contributed by atoms with Gasteiger partial charge < -0.3 is 5.32 Å². The quantitative estimate of drug-likeness (QED) is 0.784. The summed E-state index contributed by atoms with van der Waals surface area (Å²) in [5.41, 5.74) is 0. The molecule has 1 N–H and O–H groups in total. The second kappa shape index (κ2) is 5.85. The van der Waals surface area contributed by atoms with Crippen LogP contribution >= 0.6 is 0 Å². The lowest BCUT2D eigenvalue weighted by Crippen LogP contribution is -2.35. The molecule has 0 unspecified atom stereocenters. The molecule has 0 spiro atoms. The predicted octanol–water partition coefficient (Wildman–Crippen LogP) is 1.59. The molecule has 1 rings (SSSR count). The Bertz CT molecular complexity index is 266. The molecular formula is C11H23NO2S. The first-order valence-electron chi connectivity index (χ1n) is 5.93. The smallest absolute Gasteiger partial charge is 0.150 e. The molecule has 1 fully saturated rings. The molecule has 1 aliphatic rings. The Morgan fingerprint density at radius 1 is 1.33 bits per heavy atom. The average molecular weight is 233 g/mol. The maximum Gasteiger partial charge on any atom is 0.150 e. The second-order valence-corrected chi connectivity index (χ2v) is 7.17. The highest BCUT2D eigenvalue weighted by atomic mass is 32.2. The summed E-state index contributed by atoms with van der Waals surface area (Å²) < 4.78 is 23.3. The van der Waals surface area contributed by atoms with Crippen molar-refractivity contribution in [2.45, 2.75) is 45.6 Å². The van der Waals surface area contributed by atoms with Crippen LogP contribution in [0.3, 0.4) is 0 Å². The van der Waals surface area contributed by atoms with E-state index in [9.17, 15) is 8.42 Å². The summed E-state index contributed by atoms with van der Waals surface area (Å²) in [5.74, 6) is 0.928. The zero-order valence-corrected chi connectivity index (χ0v) is 10.6. The highest BCUT2D eigenvalue weighted by molar-refractivity contribution is 7.91. The molecule has 1 atom stereocenters. The van der Waals surface area contributed by atoms with E-state index in [1.807, 2.05) is 13.8 Å². The zero-order chi connectivity index (χ0) is 11.3. The van der Waals surface area contributed by atoms with Crippen molar-refractivity contribution in [3.63, 3.8) is 0 Å². The second-order valence-electron chi connectivity index (χ2n) is 4.94. The topological polar surface area (TPSA) is 46.2 Å². The van der Waals surface area contributed by atoms with Gasteiger partial charge in [-0.1, -0.05) is 20.3 Å². The lowest BCUT2D eigenvalue weighted by Gasteiger charge is -2.23. The van der Waals surface area contributed by atoms with Crippen LogP contribution in [0.5, 0.6) is 0 Å². The van der Waals surface area contributed by atoms with E-state index in [-0.39, 0.29) is 5.92 Å². The molecule has 0 radical (unpaired) electrons. The van der Waals surface area contributed by atoms with Crippen molar-refractivity contribution in [3.05, 3.63) is 0 Å². The van der Waals surface area contributed by atoms with Gasteiger partial charge in [0, 0.05) is 6.04 Å². The molecule has 0 aliphatic carbocycles. The number of hydrogen-bond donors (Lipinski definition) is 1. The summed E-state index contributed by atoms with van der Waals surface area (Å²) in [4.78, 5) is 0. The molecule has 3 nitrogen and oxygen atoms in total. The largest absolute Gasteiger partial charge is 0.314 e. The predicted molar refractivity (Wildman–Crippen MR) is 63.8 cm³/mol. The normalized spacial score (nSPS) is 23.3. The lowest BCUT2D eigenvalue weighted by molar-refractivity contribution is 0.392. The molecule has 90 valence electrons. The fraction of sp³-hybridized carbons (Fsp3) is 1.00. The van der Waals surface area contributed by atoms with Crippen molar-refractivity contribution in [3.8, 4) is 0 Å². The van der Waals surface area contributed by atoms with E-state index in [4.69, 9.17) is 0 Å². The Labute approximate surface area is 93.6 Å². The van der Waals surface area contributed by atoms with Crippen molar-refractivity contribution in [1.82, 2.24) is 5.32 Å². The van der Waals surface area contributed by atoms with E-state index >= 15 is 0 Å². The van der Waals surface area contributed by atoms with Crippen LogP contribution in [0, 0.1) is 5.92 Å². The molecule has 1 saturated heterocycles. The molecule has 0 aromatic rings. The van der Waals surface area contributed by atoms with Gasteiger partial charge in [-0.25, -0.2) is 8.42 Å². The summed E-state index contributed by atoms with van der Waals surface area (Å²) in [5, 5.41) is 3.38. The van der Waals surface area contributed by atoms with Gasteiger partial charge in [0.05, 0.1) is 11.5 Å². The third-order valence-electron chi connectivity index (χ3n) is 2.78. The van der Waals surface area contributed by atoms with E-state index in [1.54, 1.807) is 0 Å². The maximum atomic E-state index is 11.7. The number of sulfone groups is 1. The van der Waals surface area contributed by atoms with Gasteiger partial charge in [0.25, 0.3) is 0 Å². The van der Waals surface area contributed by atoms with Gasteiger partial charge in [0.2, 0.25) is 0 Å². The van der Waals surface area contributed by atoms with Crippen molar-refractivity contribution in [1.29, 1.82) is 0 Å². The minimum absolute atomic E-state index is 0.245. The molecule has 0 aromatic carbocycles. The average Bonchev–Trinajstić information content (AvgIpc) is 2.15. The zero-order valence-electron chi connectivity index (χ0n) is 9.83. The minimum atomic E-state index is -2.82. The Kier molecular flexibility index (Phi) is 5.06. The number of piperidine rings is 1. The Balaban J connectivity index is 2.28. The maximum absolute atomic E-state index is 11.7. The molecule has 15 heavy (non-hydrogen) atoms. The lowest BCUT2D eigenvalue weighted by atomic mass is 10.0. The van der Waals surface area contributed by atoms with Crippen molar-refractivity contribution < 1.29 is 8.42 Å². The van der Waals surface area contributed by atoms with Crippen LogP contribution < -0.4 is 5.32 Å². The summed E-state index contributed by atoms with van der Waals surface area (Å²) in [6.45, 7) is 4.96. The van der Waals surface area contributed by atoms with E-state index < -0.39 is 9.84 Å². The van der Waals surface area contributed by atoms with Crippen molar-refractivity contribution >= 4 is 9.84 Å². The van der Waals surface area contributed by atoms with E-state index in [2.05, 4.69) is 5.32 Å². The number of nitrogens with one attached hydrogen (secondary N) is 1. The summed E-state index contributed by atoms with van der Waals surface area (Å²) in [6, 6.07) is 0.431. The Hall–Kier alpha value is -0.0900. The van der Waals surface area contributed by atoms with Gasteiger partial charge in [0.1, 0.15) is 0 Å². The molecule has 0 saturated carbocycles. The van der Waals surface area contributed by atoms with Crippen LogP contribution in [0.2, 0.25) is 0 Å². The van der Waals surface area contributed by atoms with Gasteiger partial charge >= 0.3 is 0 Å². The van der Waals surface area contributed by atoms with Crippen molar-refractivity contribution in [2.24, 2.45) is 5.92 Å². The summed E-state index contributed by atoms with van der Waals surface area (Å²) in [7, 11) is -2.82. The molecule has 4 heteroatoms. The van der Waals surface area contributed by atoms with E-state index in [0.29, 0.717) is 17.5 Å². The Morgan fingerprint density at radius 3 is 2.60 bits per heavy atom. The highest BCUT2D eigenvalue weighted by Gasteiger charge is 2.18. The van der Waals surface area contributed by atoms with E-state index in [0.717, 1.165) is 19.4 Å². The number of hydrogen-bond acceptors (Lipinski definition) is 3. The third kappa shape index (κ3) is 5.52. The van der Waals surface area contributed by atoms with Crippen LogP contribution in [0.1, 0.15) is 39.5 Å². The molecule has 0 amide bonds. The summed E-state index contributed by atoms with van der Waals surface area (Å²) in [6.07, 6.45) is 4.39. The first kappa shape index (κ1) is 13.0. The highest BCUT2D eigenvalue weighted by Crippen LogP contribution is 2.12. The summed E-state index contributed by atoms with van der Waals surface area (Å²) >= 11 is 0. The van der Waals surface area contributed by atoms with Crippen molar-refractivity contribution in [2.75, 3.05) is 18.1 Å². The van der Waals surface area contributed by atoms with Gasteiger partial charge in [-0.15, -0.1) is 0 Å². The SMILES string of the molecule is CC(C)CS(=O)(=O)CC[C@H]1CCCCN1. The van der Waals surface area contributed by atoms with Crippen LogP contribution in [0.25, 0.3) is 0 Å². The van der Waals surface area contributed by atoms with Crippen LogP contribution in [0.15, 0.2) is 0 Å². The minimum Gasteiger partial charge on any atom is -0.314 e. The van der Waals surface area contributed by atoms with Crippen LogP contribution in [-0.2, 0) is 9.84 Å². The van der Waals surface area contributed by atoms with Gasteiger partial charge in [-0.05, 0) is 31.7 Å². The monoisotopic (exact) mass is 233 g/mol. The number of rotatable bonds is 5. The fourth-order valence-electron chi connectivity index (χ4n) is 2.08. The molecule has 0 bridgehead atoms. The molecule has 0 aromatic heterocycles. The van der Waals surface area contributed by atoms with Gasteiger partial charge in [0.15, 0.2) is 9.84 Å². The Morgan fingerprint density at radius 2 is 2.07 bits per heavy atom. The molecular weight excluding hydrogens is 210 g/mol. The standard InChI is InChI=1S/C11H23NO2S/c1-10(2)9-15(13,14)8-6-11-5-3-4-7-12-11/h10-12H,3-9H2,1-2H3/t11-/m1/s1.